The van der Waals surface area contributed by atoms with Crippen LogP contribution < -0.4 is 10.7 Å². The van der Waals surface area contributed by atoms with Crippen LogP contribution in [0.2, 0.25) is 0 Å². The number of carbonyl (C=O) groups excluding carboxylic acids is 2. The number of halogens is 1. The van der Waals surface area contributed by atoms with Crippen LogP contribution in [0.15, 0.2) is 50.6 Å². The monoisotopic (exact) mass is 349 g/mol. The van der Waals surface area contributed by atoms with E-state index in [2.05, 4.69) is 31.8 Å². The maximum atomic E-state index is 11.8. The van der Waals surface area contributed by atoms with Crippen molar-refractivity contribution < 1.29 is 14.0 Å². The molecule has 0 bridgehead atoms. The van der Waals surface area contributed by atoms with E-state index >= 15 is 0 Å². The lowest BCUT2D eigenvalue weighted by Crippen LogP contribution is -2.17. The van der Waals surface area contributed by atoms with Crippen LogP contribution in [-0.4, -0.2) is 18.0 Å². The van der Waals surface area contributed by atoms with Gasteiger partial charge >= 0.3 is 0 Å². The van der Waals surface area contributed by atoms with Crippen molar-refractivity contribution in [2.75, 3.05) is 5.32 Å². The molecule has 0 fully saturated rings. The molecule has 0 aliphatic carbocycles. The van der Waals surface area contributed by atoms with Gasteiger partial charge in [-0.15, -0.1) is 0 Å². The highest BCUT2D eigenvalue weighted by atomic mass is 79.9. The van der Waals surface area contributed by atoms with E-state index < -0.39 is 0 Å². The van der Waals surface area contributed by atoms with Crippen LogP contribution in [0, 0.1) is 0 Å². The third-order valence-corrected chi connectivity index (χ3v) is 2.85. The molecule has 108 valence electrons. The summed E-state index contributed by atoms with van der Waals surface area (Å²) < 4.78 is 5.79. The molecule has 0 aliphatic heterocycles. The molecule has 2 rings (SSSR count). The number of anilines is 1. The molecule has 1 aromatic carbocycles. The van der Waals surface area contributed by atoms with E-state index in [1.165, 1.54) is 13.1 Å². The summed E-state index contributed by atoms with van der Waals surface area (Å²) in [5.74, 6) is -0.00385. The van der Waals surface area contributed by atoms with Crippen molar-refractivity contribution in [1.82, 2.24) is 5.43 Å². The van der Waals surface area contributed by atoms with E-state index in [1.807, 2.05) is 0 Å². The first-order chi connectivity index (χ1) is 10.0. The predicted molar refractivity (Wildman–Crippen MR) is 82.2 cm³/mol. The number of furan rings is 1. The first kappa shape index (κ1) is 15.0. The highest BCUT2D eigenvalue weighted by molar-refractivity contribution is 9.10. The molecule has 2 aromatic rings. The number of benzene rings is 1. The van der Waals surface area contributed by atoms with Gasteiger partial charge < -0.3 is 9.73 Å². The summed E-state index contributed by atoms with van der Waals surface area (Å²) >= 11 is 3.17. The van der Waals surface area contributed by atoms with Gasteiger partial charge in [0, 0.05) is 18.2 Å². The lowest BCUT2D eigenvalue weighted by Gasteiger charge is -2.03. The maximum absolute atomic E-state index is 11.8. The van der Waals surface area contributed by atoms with E-state index in [1.54, 1.807) is 36.4 Å². The number of nitrogens with zero attached hydrogens (tertiary/aromatic N) is 1. The molecular weight excluding hydrogens is 338 g/mol. The van der Waals surface area contributed by atoms with Crippen LogP contribution in [0.3, 0.4) is 0 Å². The topological polar surface area (TPSA) is 83.7 Å². The Labute approximate surface area is 129 Å². The zero-order chi connectivity index (χ0) is 15.2. The fraction of sp³-hybridized carbons (Fsp3) is 0.0714. The average Bonchev–Trinajstić information content (AvgIpc) is 2.84. The van der Waals surface area contributed by atoms with Gasteiger partial charge in [-0.05, 0) is 52.3 Å². The van der Waals surface area contributed by atoms with Gasteiger partial charge in [-0.1, -0.05) is 0 Å². The average molecular weight is 350 g/mol. The first-order valence-electron chi connectivity index (χ1n) is 6.01. The molecule has 0 saturated heterocycles. The molecule has 1 heterocycles. The molecule has 6 nitrogen and oxygen atoms in total. The minimum atomic E-state index is -0.355. The Morgan fingerprint density at radius 2 is 1.90 bits per heavy atom. The summed E-state index contributed by atoms with van der Waals surface area (Å²) in [6.45, 7) is 1.42. The van der Waals surface area contributed by atoms with Gasteiger partial charge in [0.1, 0.15) is 5.76 Å². The van der Waals surface area contributed by atoms with Crippen molar-refractivity contribution in [2.24, 2.45) is 5.10 Å². The zero-order valence-corrected chi connectivity index (χ0v) is 12.7. The second-order valence-corrected chi connectivity index (χ2v) is 4.88. The van der Waals surface area contributed by atoms with Crippen molar-refractivity contribution in [3.8, 4) is 0 Å². The normalized spacial score (nSPS) is 10.6. The zero-order valence-electron chi connectivity index (χ0n) is 11.1. The highest BCUT2D eigenvalue weighted by Crippen LogP contribution is 2.12. The molecule has 0 spiro atoms. The number of rotatable bonds is 4. The maximum Gasteiger partial charge on any atom is 0.271 e. The van der Waals surface area contributed by atoms with E-state index in [-0.39, 0.29) is 11.8 Å². The molecule has 2 N–H and O–H groups in total. The summed E-state index contributed by atoms with van der Waals surface area (Å²) in [4.78, 5) is 22.7. The van der Waals surface area contributed by atoms with Gasteiger partial charge in [0.25, 0.3) is 5.91 Å². The van der Waals surface area contributed by atoms with E-state index in [0.717, 1.165) is 0 Å². The molecule has 0 unspecified atom stereocenters. The van der Waals surface area contributed by atoms with E-state index in [9.17, 15) is 9.59 Å². The van der Waals surface area contributed by atoms with Crippen LogP contribution in [-0.2, 0) is 4.79 Å². The van der Waals surface area contributed by atoms with Crippen LogP contribution in [0.25, 0.3) is 0 Å². The van der Waals surface area contributed by atoms with Gasteiger partial charge in [0.15, 0.2) is 4.67 Å². The molecular formula is C14H12BrN3O3. The third kappa shape index (κ3) is 4.57. The van der Waals surface area contributed by atoms with Gasteiger partial charge in [-0.2, -0.15) is 5.10 Å². The fourth-order valence-electron chi connectivity index (χ4n) is 1.52. The predicted octanol–water partition coefficient (Wildman–Crippen LogP) is 2.76. The third-order valence-electron chi connectivity index (χ3n) is 2.42. The van der Waals surface area contributed by atoms with Gasteiger partial charge in [-0.25, -0.2) is 5.43 Å². The number of nitrogens with one attached hydrogen (secondary N) is 2. The number of hydrogen-bond acceptors (Lipinski definition) is 4. The van der Waals surface area contributed by atoms with Crippen molar-refractivity contribution in [3.05, 3.63) is 52.4 Å². The molecule has 0 saturated carbocycles. The second kappa shape index (κ2) is 6.85. The Bertz CT molecular complexity index is 677. The summed E-state index contributed by atoms with van der Waals surface area (Å²) in [5.41, 5.74) is 3.44. The first-order valence-corrected chi connectivity index (χ1v) is 6.80. The van der Waals surface area contributed by atoms with Crippen molar-refractivity contribution in [2.45, 2.75) is 6.92 Å². The van der Waals surface area contributed by atoms with Crippen molar-refractivity contribution in [1.29, 1.82) is 0 Å². The molecule has 0 aliphatic rings. The van der Waals surface area contributed by atoms with Gasteiger partial charge in [0.05, 0.1) is 6.21 Å². The largest absolute Gasteiger partial charge is 0.448 e. The van der Waals surface area contributed by atoms with Crippen molar-refractivity contribution in [3.63, 3.8) is 0 Å². The SMILES string of the molecule is CC(=O)Nc1ccc(C(=O)N/N=C\c2ccc(Br)o2)cc1. The Balaban J connectivity index is 1.94. The van der Waals surface area contributed by atoms with Gasteiger partial charge in [-0.3, -0.25) is 9.59 Å². The molecule has 2 amide bonds. The highest BCUT2D eigenvalue weighted by Gasteiger charge is 2.04. The molecule has 0 radical (unpaired) electrons. The van der Waals surface area contributed by atoms with Crippen molar-refractivity contribution >= 4 is 39.6 Å². The molecule has 7 heteroatoms. The Morgan fingerprint density at radius 1 is 1.19 bits per heavy atom. The van der Waals surface area contributed by atoms with Crippen LogP contribution >= 0.6 is 15.9 Å². The fourth-order valence-corrected chi connectivity index (χ4v) is 1.84. The summed E-state index contributed by atoms with van der Waals surface area (Å²) in [5, 5.41) is 6.41. The summed E-state index contributed by atoms with van der Waals surface area (Å²) in [7, 11) is 0. The molecule has 1 aromatic heterocycles. The smallest absolute Gasteiger partial charge is 0.271 e. The summed E-state index contributed by atoms with van der Waals surface area (Å²) in [6.07, 6.45) is 1.40. The number of hydrogen-bond donors (Lipinski definition) is 2. The minimum absolute atomic E-state index is 0.165. The number of amides is 2. The van der Waals surface area contributed by atoms with Crippen LogP contribution in [0.1, 0.15) is 23.0 Å². The lowest BCUT2D eigenvalue weighted by molar-refractivity contribution is -0.114. The molecule has 0 atom stereocenters. The Hall–Kier alpha value is -2.41. The second-order valence-electron chi connectivity index (χ2n) is 4.10. The quantitative estimate of drug-likeness (QED) is 0.657. The Morgan fingerprint density at radius 3 is 2.48 bits per heavy atom. The Kier molecular flexibility index (Phi) is 4.89. The van der Waals surface area contributed by atoms with Gasteiger partial charge in [0.2, 0.25) is 5.91 Å². The standard InChI is InChI=1S/C14H12BrN3O3/c1-9(19)17-11-4-2-10(3-5-11)14(20)18-16-8-12-6-7-13(15)21-12/h2-8H,1H3,(H,17,19)(H,18,20)/b16-8-. The van der Waals surface area contributed by atoms with Crippen LogP contribution in [0.4, 0.5) is 5.69 Å². The number of carbonyl (C=O) groups is 2. The lowest BCUT2D eigenvalue weighted by atomic mass is 10.2. The van der Waals surface area contributed by atoms with E-state index in [4.69, 9.17) is 4.42 Å². The molecule has 21 heavy (non-hydrogen) atoms. The van der Waals surface area contributed by atoms with Crippen LogP contribution in [0.5, 0.6) is 0 Å². The van der Waals surface area contributed by atoms with E-state index in [0.29, 0.717) is 21.7 Å². The number of hydrazone groups is 1. The minimum Gasteiger partial charge on any atom is -0.448 e. The summed E-state index contributed by atoms with van der Waals surface area (Å²) in [6, 6.07) is 9.92.